The minimum atomic E-state index is -0.0673. The number of rotatable bonds is 8. The van der Waals surface area contributed by atoms with Crippen molar-refractivity contribution in [3.8, 4) is 0 Å². The maximum absolute atomic E-state index is 12.1. The SMILES string of the molecule is CC[C@H](C)NC(=O)c1cccc(CNC(=O)CCC(C)C)c1. The van der Waals surface area contributed by atoms with E-state index in [1.54, 1.807) is 6.07 Å². The lowest BCUT2D eigenvalue weighted by molar-refractivity contribution is -0.121. The fourth-order valence-electron chi connectivity index (χ4n) is 1.94. The lowest BCUT2D eigenvalue weighted by atomic mass is 10.1. The molecule has 0 radical (unpaired) electrons. The largest absolute Gasteiger partial charge is 0.352 e. The zero-order valence-corrected chi connectivity index (χ0v) is 14.1. The molecule has 0 bridgehead atoms. The molecule has 1 aromatic rings. The zero-order valence-electron chi connectivity index (χ0n) is 14.1. The second-order valence-corrected chi connectivity index (χ2v) is 6.19. The molecule has 0 unspecified atom stereocenters. The van der Waals surface area contributed by atoms with E-state index in [-0.39, 0.29) is 17.9 Å². The molecule has 22 heavy (non-hydrogen) atoms. The summed E-state index contributed by atoms with van der Waals surface area (Å²) in [5, 5.41) is 5.85. The molecule has 0 heterocycles. The molecule has 2 amide bonds. The van der Waals surface area contributed by atoms with Crippen LogP contribution in [-0.2, 0) is 11.3 Å². The van der Waals surface area contributed by atoms with E-state index in [2.05, 4.69) is 24.5 Å². The van der Waals surface area contributed by atoms with Gasteiger partial charge in [-0.1, -0.05) is 32.9 Å². The van der Waals surface area contributed by atoms with E-state index >= 15 is 0 Å². The molecule has 0 aliphatic heterocycles. The number of carbonyl (C=O) groups is 2. The van der Waals surface area contributed by atoms with Gasteiger partial charge < -0.3 is 10.6 Å². The van der Waals surface area contributed by atoms with Crippen LogP contribution < -0.4 is 10.6 Å². The summed E-state index contributed by atoms with van der Waals surface area (Å²) in [7, 11) is 0. The van der Waals surface area contributed by atoms with Gasteiger partial charge in [-0.05, 0) is 43.4 Å². The molecule has 0 aromatic heterocycles. The van der Waals surface area contributed by atoms with Crippen LogP contribution in [-0.4, -0.2) is 17.9 Å². The van der Waals surface area contributed by atoms with Gasteiger partial charge in [0.15, 0.2) is 0 Å². The molecule has 2 N–H and O–H groups in total. The molecule has 1 atom stereocenters. The molecule has 0 aliphatic carbocycles. The van der Waals surface area contributed by atoms with Crippen LogP contribution in [0, 0.1) is 5.92 Å². The summed E-state index contributed by atoms with van der Waals surface area (Å²) in [5.41, 5.74) is 1.57. The van der Waals surface area contributed by atoms with Crippen LogP contribution in [0.3, 0.4) is 0 Å². The molecule has 0 spiro atoms. The second kappa shape index (κ2) is 9.23. The topological polar surface area (TPSA) is 58.2 Å². The van der Waals surface area contributed by atoms with Crippen LogP contribution in [0.2, 0.25) is 0 Å². The molecular weight excluding hydrogens is 276 g/mol. The molecule has 1 rings (SSSR count). The van der Waals surface area contributed by atoms with Gasteiger partial charge in [0.05, 0.1) is 0 Å². The van der Waals surface area contributed by atoms with E-state index in [4.69, 9.17) is 0 Å². The van der Waals surface area contributed by atoms with Crippen LogP contribution >= 0.6 is 0 Å². The molecule has 1 aromatic carbocycles. The van der Waals surface area contributed by atoms with E-state index < -0.39 is 0 Å². The maximum Gasteiger partial charge on any atom is 0.251 e. The summed E-state index contributed by atoms with van der Waals surface area (Å²) in [4.78, 5) is 23.8. The first-order valence-corrected chi connectivity index (χ1v) is 8.08. The summed E-state index contributed by atoms with van der Waals surface area (Å²) in [5.74, 6) is 0.517. The Bertz CT molecular complexity index is 498. The molecule has 0 saturated carbocycles. The molecule has 122 valence electrons. The lowest BCUT2D eigenvalue weighted by Crippen LogP contribution is -2.32. The summed E-state index contributed by atoms with van der Waals surface area (Å²) in [6.07, 6.45) is 2.34. The number of benzene rings is 1. The number of amides is 2. The number of hydrogen-bond donors (Lipinski definition) is 2. The lowest BCUT2D eigenvalue weighted by Gasteiger charge is -2.12. The molecule has 0 fully saturated rings. The van der Waals surface area contributed by atoms with Gasteiger partial charge in [0.2, 0.25) is 5.91 Å². The quantitative estimate of drug-likeness (QED) is 0.774. The smallest absolute Gasteiger partial charge is 0.251 e. The highest BCUT2D eigenvalue weighted by Crippen LogP contribution is 2.07. The van der Waals surface area contributed by atoms with Crippen molar-refractivity contribution < 1.29 is 9.59 Å². The minimum Gasteiger partial charge on any atom is -0.352 e. The van der Waals surface area contributed by atoms with Crippen molar-refractivity contribution in [2.75, 3.05) is 0 Å². The highest BCUT2D eigenvalue weighted by molar-refractivity contribution is 5.94. The van der Waals surface area contributed by atoms with Crippen molar-refractivity contribution in [1.29, 1.82) is 0 Å². The monoisotopic (exact) mass is 304 g/mol. The molecular formula is C18H28N2O2. The van der Waals surface area contributed by atoms with Gasteiger partial charge in [-0.3, -0.25) is 9.59 Å². The molecule has 0 saturated heterocycles. The summed E-state index contributed by atoms with van der Waals surface area (Å²) >= 11 is 0. The Morgan fingerprint density at radius 1 is 1.18 bits per heavy atom. The Hall–Kier alpha value is -1.84. The third-order valence-electron chi connectivity index (χ3n) is 3.62. The standard InChI is InChI=1S/C18H28N2O2/c1-5-14(4)20-18(22)16-8-6-7-15(11-16)12-19-17(21)10-9-13(2)3/h6-8,11,13-14H,5,9-10,12H2,1-4H3,(H,19,21)(H,20,22)/t14-/m0/s1. The van der Waals surface area contributed by atoms with E-state index in [9.17, 15) is 9.59 Å². The highest BCUT2D eigenvalue weighted by atomic mass is 16.2. The Morgan fingerprint density at radius 2 is 1.91 bits per heavy atom. The molecule has 0 aliphatic rings. The van der Waals surface area contributed by atoms with Gasteiger partial charge in [0.1, 0.15) is 0 Å². The Balaban J connectivity index is 2.53. The maximum atomic E-state index is 12.1. The second-order valence-electron chi connectivity index (χ2n) is 6.19. The van der Waals surface area contributed by atoms with Gasteiger partial charge in [0.25, 0.3) is 5.91 Å². The third-order valence-corrected chi connectivity index (χ3v) is 3.62. The van der Waals surface area contributed by atoms with Gasteiger partial charge >= 0.3 is 0 Å². The average molecular weight is 304 g/mol. The van der Waals surface area contributed by atoms with Crippen LogP contribution in [0.15, 0.2) is 24.3 Å². The summed E-state index contributed by atoms with van der Waals surface area (Å²) in [6, 6.07) is 7.55. The summed E-state index contributed by atoms with van der Waals surface area (Å²) < 4.78 is 0. The van der Waals surface area contributed by atoms with Crippen molar-refractivity contribution in [2.24, 2.45) is 5.92 Å². The normalized spacial score (nSPS) is 12.0. The Labute approximate surface area is 133 Å². The third kappa shape index (κ3) is 6.74. The van der Waals surface area contributed by atoms with Crippen molar-refractivity contribution >= 4 is 11.8 Å². The summed E-state index contributed by atoms with van der Waals surface area (Å²) in [6.45, 7) is 8.69. The van der Waals surface area contributed by atoms with Crippen molar-refractivity contribution in [3.05, 3.63) is 35.4 Å². The Morgan fingerprint density at radius 3 is 2.55 bits per heavy atom. The number of carbonyl (C=O) groups excluding carboxylic acids is 2. The van der Waals surface area contributed by atoms with E-state index in [1.807, 2.05) is 32.0 Å². The first kappa shape index (κ1) is 18.2. The van der Waals surface area contributed by atoms with Crippen molar-refractivity contribution in [1.82, 2.24) is 10.6 Å². The predicted molar refractivity (Wildman–Crippen MR) is 89.6 cm³/mol. The van der Waals surface area contributed by atoms with Crippen LogP contribution in [0.1, 0.15) is 62.9 Å². The minimum absolute atomic E-state index is 0.0585. The van der Waals surface area contributed by atoms with Crippen molar-refractivity contribution in [2.45, 2.75) is 59.5 Å². The van der Waals surface area contributed by atoms with Crippen LogP contribution in [0.25, 0.3) is 0 Å². The van der Waals surface area contributed by atoms with Crippen LogP contribution in [0.4, 0.5) is 0 Å². The van der Waals surface area contributed by atoms with Crippen molar-refractivity contribution in [3.63, 3.8) is 0 Å². The van der Waals surface area contributed by atoms with Gasteiger partial charge in [-0.15, -0.1) is 0 Å². The zero-order chi connectivity index (χ0) is 16.5. The number of nitrogens with one attached hydrogen (secondary N) is 2. The fourth-order valence-corrected chi connectivity index (χ4v) is 1.94. The Kier molecular flexibility index (Phi) is 7.64. The van der Waals surface area contributed by atoms with E-state index in [0.717, 1.165) is 18.4 Å². The first-order chi connectivity index (χ1) is 10.4. The fraction of sp³-hybridized carbons (Fsp3) is 0.556. The van der Waals surface area contributed by atoms with Gasteiger partial charge in [-0.25, -0.2) is 0 Å². The number of hydrogen-bond acceptors (Lipinski definition) is 2. The average Bonchev–Trinajstić information content (AvgIpc) is 2.50. The molecule has 4 nitrogen and oxygen atoms in total. The predicted octanol–water partition coefficient (Wildman–Crippen LogP) is 3.27. The highest BCUT2D eigenvalue weighted by Gasteiger charge is 2.09. The first-order valence-electron chi connectivity index (χ1n) is 8.08. The molecule has 4 heteroatoms. The van der Waals surface area contributed by atoms with Gasteiger partial charge in [0, 0.05) is 24.6 Å². The van der Waals surface area contributed by atoms with Gasteiger partial charge in [-0.2, -0.15) is 0 Å². The van der Waals surface area contributed by atoms with E-state index in [0.29, 0.717) is 24.4 Å². The van der Waals surface area contributed by atoms with E-state index in [1.165, 1.54) is 0 Å². The van der Waals surface area contributed by atoms with Crippen LogP contribution in [0.5, 0.6) is 0 Å².